The molecule has 1 unspecified atom stereocenters. The molecular formula is C9H12N2S. The Kier molecular flexibility index (Phi) is 3.24. The van der Waals surface area contributed by atoms with Crippen molar-refractivity contribution in [1.29, 1.82) is 5.26 Å². The second-order valence-electron chi connectivity index (χ2n) is 3.12. The number of nitriles is 1. The number of aromatic nitrogens is 1. The minimum Gasteiger partial charge on any atom is -0.253 e. The monoisotopic (exact) mass is 180 g/mol. The van der Waals surface area contributed by atoms with E-state index in [2.05, 4.69) is 24.9 Å². The number of nitrogens with zero attached hydrogens (tertiary/aromatic N) is 2. The van der Waals surface area contributed by atoms with E-state index < -0.39 is 0 Å². The van der Waals surface area contributed by atoms with Gasteiger partial charge in [0.1, 0.15) is 0 Å². The van der Waals surface area contributed by atoms with Crippen LogP contribution in [0.25, 0.3) is 0 Å². The Morgan fingerprint density at radius 2 is 2.42 bits per heavy atom. The van der Waals surface area contributed by atoms with Gasteiger partial charge in [0.25, 0.3) is 0 Å². The van der Waals surface area contributed by atoms with Crippen LogP contribution in [0.4, 0.5) is 0 Å². The molecule has 3 heteroatoms. The topological polar surface area (TPSA) is 36.7 Å². The van der Waals surface area contributed by atoms with Crippen molar-refractivity contribution in [2.45, 2.75) is 26.2 Å². The highest BCUT2D eigenvalue weighted by Crippen LogP contribution is 2.29. The molecular weight excluding hydrogens is 168 g/mol. The van der Waals surface area contributed by atoms with E-state index in [9.17, 15) is 0 Å². The molecule has 0 N–H and O–H groups in total. The molecule has 0 aliphatic heterocycles. The van der Waals surface area contributed by atoms with Crippen LogP contribution in [0, 0.1) is 17.2 Å². The first-order valence-corrected chi connectivity index (χ1v) is 4.89. The third-order valence-corrected chi connectivity index (χ3v) is 2.84. The fourth-order valence-corrected chi connectivity index (χ4v) is 2.07. The van der Waals surface area contributed by atoms with Crippen molar-refractivity contribution < 1.29 is 0 Å². The normalized spacial score (nSPS) is 12.8. The summed E-state index contributed by atoms with van der Waals surface area (Å²) >= 11 is 1.64. The van der Waals surface area contributed by atoms with Crippen molar-refractivity contribution in [2.75, 3.05) is 0 Å². The zero-order chi connectivity index (χ0) is 8.97. The molecule has 2 nitrogen and oxygen atoms in total. The average Bonchev–Trinajstić information content (AvgIpc) is 2.51. The minimum atomic E-state index is 0.363. The van der Waals surface area contributed by atoms with Gasteiger partial charge in [-0.1, -0.05) is 13.8 Å². The SMILES string of the molecule is CC(C)C(CC#N)c1cncs1. The molecule has 1 rings (SSSR count). The van der Waals surface area contributed by atoms with E-state index in [1.807, 2.05) is 11.7 Å². The second-order valence-corrected chi connectivity index (χ2v) is 4.03. The van der Waals surface area contributed by atoms with Crippen LogP contribution in [0.5, 0.6) is 0 Å². The molecule has 0 bridgehead atoms. The first kappa shape index (κ1) is 9.21. The van der Waals surface area contributed by atoms with Crippen LogP contribution in [0.1, 0.15) is 31.1 Å². The fraction of sp³-hybridized carbons (Fsp3) is 0.556. The molecule has 0 aliphatic carbocycles. The molecule has 0 aliphatic rings. The fourth-order valence-electron chi connectivity index (χ4n) is 1.17. The molecule has 1 heterocycles. The first-order valence-electron chi connectivity index (χ1n) is 4.01. The summed E-state index contributed by atoms with van der Waals surface area (Å²) in [5, 5.41) is 8.62. The van der Waals surface area contributed by atoms with Crippen molar-refractivity contribution in [3.8, 4) is 6.07 Å². The summed E-state index contributed by atoms with van der Waals surface area (Å²) in [5.74, 6) is 0.882. The maximum absolute atomic E-state index is 8.62. The third-order valence-electron chi connectivity index (χ3n) is 1.93. The highest BCUT2D eigenvalue weighted by molar-refractivity contribution is 7.09. The van der Waals surface area contributed by atoms with Gasteiger partial charge in [0.2, 0.25) is 0 Å². The Balaban J connectivity index is 2.75. The molecule has 1 aromatic heterocycles. The maximum atomic E-state index is 8.62. The van der Waals surface area contributed by atoms with Crippen molar-refractivity contribution in [3.63, 3.8) is 0 Å². The summed E-state index contributed by atoms with van der Waals surface area (Å²) in [5.41, 5.74) is 1.82. The van der Waals surface area contributed by atoms with E-state index in [1.54, 1.807) is 11.3 Å². The number of thiazole rings is 1. The van der Waals surface area contributed by atoms with Crippen LogP contribution in [0.15, 0.2) is 11.7 Å². The van der Waals surface area contributed by atoms with Gasteiger partial charge in [-0.25, -0.2) is 0 Å². The lowest BCUT2D eigenvalue weighted by Crippen LogP contribution is -2.03. The Morgan fingerprint density at radius 3 is 2.83 bits per heavy atom. The molecule has 64 valence electrons. The number of hydrogen-bond acceptors (Lipinski definition) is 3. The van der Waals surface area contributed by atoms with Crippen LogP contribution in [0.3, 0.4) is 0 Å². The first-order chi connectivity index (χ1) is 5.75. The molecule has 0 aromatic carbocycles. The van der Waals surface area contributed by atoms with Crippen molar-refractivity contribution in [2.24, 2.45) is 5.92 Å². The Hall–Kier alpha value is -0.880. The zero-order valence-corrected chi connectivity index (χ0v) is 8.14. The van der Waals surface area contributed by atoms with Gasteiger partial charge in [-0.3, -0.25) is 4.98 Å². The molecule has 1 aromatic rings. The zero-order valence-electron chi connectivity index (χ0n) is 7.32. The molecule has 0 saturated heterocycles. The van der Waals surface area contributed by atoms with E-state index in [-0.39, 0.29) is 0 Å². The average molecular weight is 180 g/mol. The molecule has 0 amide bonds. The molecule has 12 heavy (non-hydrogen) atoms. The van der Waals surface area contributed by atoms with Gasteiger partial charge in [0.15, 0.2) is 0 Å². The van der Waals surface area contributed by atoms with Crippen LogP contribution in [-0.2, 0) is 0 Å². The predicted octanol–water partition coefficient (Wildman–Crippen LogP) is 2.80. The molecule has 0 saturated carbocycles. The van der Waals surface area contributed by atoms with E-state index >= 15 is 0 Å². The summed E-state index contributed by atoms with van der Waals surface area (Å²) in [6.07, 6.45) is 2.46. The van der Waals surface area contributed by atoms with Gasteiger partial charge in [-0.15, -0.1) is 11.3 Å². The van der Waals surface area contributed by atoms with E-state index in [0.29, 0.717) is 18.3 Å². The van der Waals surface area contributed by atoms with Gasteiger partial charge in [-0.05, 0) is 5.92 Å². The summed E-state index contributed by atoms with van der Waals surface area (Å²) in [6, 6.07) is 2.22. The lowest BCUT2D eigenvalue weighted by Gasteiger charge is -2.14. The van der Waals surface area contributed by atoms with Crippen LogP contribution in [-0.4, -0.2) is 4.98 Å². The van der Waals surface area contributed by atoms with E-state index in [1.165, 1.54) is 4.88 Å². The van der Waals surface area contributed by atoms with Crippen molar-refractivity contribution >= 4 is 11.3 Å². The van der Waals surface area contributed by atoms with Gasteiger partial charge in [-0.2, -0.15) is 5.26 Å². The Morgan fingerprint density at radius 1 is 1.67 bits per heavy atom. The lowest BCUT2D eigenvalue weighted by atomic mass is 9.92. The number of hydrogen-bond donors (Lipinski definition) is 0. The van der Waals surface area contributed by atoms with Crippen molar-refractivity contribution in [1.82, 2.24) is 4.98 Å². The standard InChI is InChI=1S/C9H12N2S/c1-7(2)8(3-4-10)9-5-11-6-12-9/h5-8H,3H2,1-2H3. The quantitative estimate of drug-likeness (QED) is 0.717. The second kappa shape index (κ2) is 4.22. The van der Waals surface area contributed by atoms with Gasteiger partial charge < -0.3 is 0 Å². The summed E-state index contributed by atoms with van der Waals surface area (Å²) in [6.45, 7) is 4.28. The number of rotatable bonds is 3. The summed E-state index contributed by atoms with van der Waals surface area (Å²) in [4.78, 5) is 5.25. The van der Waals surface area contributed by atoms with Crippen LogP contribution in [0.2, 0.25) is 0 Å². The van der Waals surface area contributed by atoms with Gasteiger partial charge in [0.05, 0.1) is 11.6 Å². The molecule has 1 atom stereocenters. The van der Waals surface area contributed by atoms with Crippen molar-refractivity contribution in [3.05, 3.63) is 16.6 Å². The Labute approximate surface area is 76.9 Å². The third kappa shape index (κ3) is 2.05. The van der Waals surface area contributed by atoms with Gasteiger partial charge >= 0.3 is 0 Å². The van der Waals surface area contributed by atoms with Crippen LogP contribution < -0.4 is 0 Å². The highest BCUT2D eigenvalue weighted by Gasteiger charge is 2.16. The molecule has 0 spiro atoms. The van der Waals surface area contributed by atoms with Gasteiger partial charge in [0, 0.05) is 23.4 Å². The highest BCUT2D eigenvalue weighted by atomic mass is 32.1. The Bertz CT molecular complexity index is 259. The summed E-state index contributed by atoms with van der Waals surface area (Å²) in [7, 11) is 0. The molecule has 0 radical (unpaired) electrons. The van der Waals surface area contributed by atoms with Crippen LogP contribution >= 0.6 is 11.3 Å². The molecule has 0 fully saturated rings. The van der Waals surface area contributed by atoms with E-state index in [0.717, 1.165) is 0 Å². The predicted molar refractivity (Wildman–Crippen MR) is 49.9 cm³/mol. The minimum absolute atomic E-state index is 0.363. The largest absolute Gasteiger partial charge is 0.253 e. The smallest absolute Gasteiger partial charge is 0.0794 e. The maximum Gasteiger partial charge on any atom is 0.0794 e. The lowest BCUT2D eigenvalue weighted by molar-refractivity contribution is 0.512. The van der Waals surface area contributed by atoms with E-state index in [4.69, 9.17) is 5.26 Å². The summed E-state index contributed by atoms with van der Waals surface area (Å²) < 4.78 is 0.